The third-order valence-corrected chi connectivity index (χ3v) is 8.92. The molecule has 256 valence electrons. The summed E-state index contributed by atoms with van der Waals surface area (Å²) in [4.78, 5) is 31.8. The number of benzene rings is 3. The number of aryl methyl sites for hydroxylation is 2. The molecule has 1 fully saturated rings. The van der Waals surface area contributed by atoms with Crippen molar-refractivity contribution < 1.29 is 49.9 Å². The minimum atomic E-state index is -6.67. The van der Waals surface area contributed by atoms with E-state index in [1.165, 1.54) is 6.92 Å². The summed E-state index contributed by atoms with van der Waals surface area (Å²) in [5, 5.41) is 5.01. The monoisotopic (exact) mass is 679 g/mol. The van der Waals surface area contributed by atoms with Gasteiger partial charge in [-0.25, -0.2) is 4.79 Å². The second-order valence-corrected chi connectivity index (χ2v) is 11.7. The first-order chi connectivity index (χ1) is 22.5. The molecule has 0 aliphatic carbocycles. The Bertz CT molecular complexity index is 1910. The van der Waals surface area contributed by atoms with Crippen LogP contribution in [0.3, 0.4) is 0 Å². The van der Waals surface area contributed by atoms with E-state index in [0.717, 1.165) is 16.6 Å². The van der Waals surface area contributed by atoms with Crippen LogP contribution in [-0.2, 0) is 20.9 Å². The van der Waals surface area contributed by atoms with E-state index in [0.29, 0.717) is 38.9 Å². The summed E-state index contributed by atoms with van der Waals surface area (Å²) in [7, 11) is 0. The molecule has 7 nitrogen and oxygen atoms in total. The molecule has 1 atom stereocenters. The number of rotatable bonds is 9. The maximum absolute atomic E-state index is 15.3. The zero-order valence-corrected chi connectivity index (χ0v) is 26.4. The third kappa shape index (κ3) is 5.64. The van der Waals surface area contributed by atoms with Gasteiger partial charge in [-0.1, -0.05) is 35.5 Å². The number of aromatic nitrogens is 1. The van der Waals surface area contributed by atoms with E-state index in [4.69, 9.17) is 9.57 Å². The molecule has 1 aliphatic heterocycles. The summed E-state index contributed by atoms with van der Waals surface area (Å²) in [6.07, 6.45) is -6.67. The number of nitrogens with zero attached hydrogens (tertiary/aromatic N) is 3. The lowest BCUT2D eigenvalue weighted by molar-refractivity contribution is -0.375. The van der Waals surface area contributed by atoms with Gasteiger partial charge in [0, 0.05) is 52.6 Å². The first-order valence-corrected chi connectivity index (χ1v) is 15.0. The summed E-state index contributed by atoms with van der Waals surface area (Å²) in [5.74, 6) is -14.8. The Morgan fingerprint density at radius 3 is 1.98 bits per heavy atom. The van der Waals surface area contributed by atoms with E-state index in [-0.39, 0.29) is 31.6 Å². The lowest BCUT2D eigenvalue weighted by Gasteiger charge is -2.46. The molecule has 5 rings (SSSR count). The molecule has 3 aromatic carbocycles. The van der Waals surface area contributed by atoms with Gasteiger partial charge in [-0.3, -0.25) is 9.69 Å². The molecule has 0 spiro atoms. The molecule has 1 aromatic heterocycles. The first-order valence-electron chi connectivity index (χ1n) is 15.0. The van der Waals surface area contributed by atoms with Crippen LogP contribution in [0.2, 0.25) is 0 Å². The largest absolute Gasteiger partial charge is 0.459 e. The van der Waals surface area contributed by atoms with Crippen molar-refractivity contribution in [2.45, 2.75) is 57.8 Å². The van der Waals surface area contributed by atoms with Crippen LogP contribution in [0.1, 0.15) is 47.8 Å². The number of alkyl halides is 7. The zero-order chi connectivity index (χ0) is 35.2. The highest BCUT2D eigenvalue weighted by Crippen LogP contribution is 2.53. The molecule has 14 heteroatoms. The highest BCUT2D eigenvalue weighted by molar-refractivity contribution is 6.16. The number of fused-ring (bicyclic) bond motifs is 3. The van der Waals surface area contributed by atoms with E-state index >= 15 is 8.78 Å². The van der Waals surface area contributed by atoms with Gasteiger partial charge in [-0.2, -0.15) is 30.7 Å². The summed E-state index contributed by atoms with van der Waals surface area (Å²) in [6, 6.07) is 17.5. The molecule has 0 amide bonds. The fourth-order valence-corrected chi connectivity index (χ4v) is 6.00. The van der Waals surface area contributed by atoms with Crippen LogP contribution in [0.4, 0.5) is 30.7 Å². The van der Waals surface area contributed by atoms with Crippen molar-refractivity contribution >= 4 is 39.3 Å². The number of hydrogen-bond donors (Lipinski definition) is 0. The van der Waals surface area contributed by atoms with Gasteiger partial charge in [-0.05, 0) is 69.2 Å². The molecular formula is C34H32F7N3O4. The predicted octanol–water partition coefficient (Wildman–Crippen LogP) is 7.54. The van der Waals surface area contributed by atoms with Crippen LogP contribution in [0.25, 0.3) is 21.8 Å². The van der Waals surface area contributed by atoms with Crippen molar-refractivity contribution in [2.75, 3.05) is 26.3 Å². The number of halogens is 7. The van der Waals surface area contributed by atoms with E-state index in [9.17, 15) is 31.5 Å². The molecule has 1 saturated heterocycles. The van der Waals surface area contributed by atoms with E-state index < -0.39 is 42.6 Å². The number of hydrogen-bond acceptors (Lipinski definition) is 6. The molecule has 48 heavy (non-hydrogen) atoms. The lowest BCUT2D eigenvalue weighted by atomic mass is 9.86. The van der Waals surface area contributed by atoms with Gasteiger partial charge in [-0.15, -0.1) is 0 Å². The smallest absolute Gasteiger partial charge is 0.379 e. The molecule has 1 unspecified atom stereocenters. The average Bonchev–Trinajstić information content (AvgIpc) is 3.38. The number of carbonyl (C=O) groups is 2. The number of morpholine rings is 1. The highest BCUT2D eigenvalue weighted by Gasteiger charge is 2.82. The molecule has 1 aliphatic rings. The SMILES string of the molecule is CCn1c2ccc(C(=O)c3ccccc3C)cc2c2cc(C(C)=NOC(=O)C(C)(N3CCOCC3)C(F)(F)C(F)(F)C(F)(F)F)ccc21. The Hall–Kier alpha value is -4.30. The van der Waals surface area contributed by atoms with Crippen LogP contribution in [0, 0.1) is 6.92 Å². The maximum Gasteiger partial charge on any atom is 0.459 e. The summed E-state index contributed by atoms with van der Waals surface area (Å²) >= 11 is 0. The van der Waals surface area contributed by atoms with Gasteiger partial charge in [0.05, 0.1) is 18.9 Å². The van der Waals surface area contributed by atoms with Gasteiger partial charge in [0.1, 0.15) is 0 Å². The van der Waals surface area contributed by atoms with Gasteiger partial charge in [0.25, 0.3) is 0 Å². The molecule has 2 heterocycles. The number of ketones is 1. The van der Waals surface area contributed by atoms with Crippen molar-refractivity contribution in [3.63, 3.8) is 0 Å². The second kappa shape index (κ2) is 12.6. The number of carbonyl (C=O) groups excluding carboxylic acids is 2. The molecule has 0 saturated carbocycles. The van der Waals surface area contributed by atoms with E-state index in [2.05, 4.69) is 5.16 Å². The van der Waals surface area contributed by atoms with Crippen LogP contribution in [0.5, 0.6) is 0 Å². The number of oxime groups is 1. The lowest BCUT2D eigenvalue weighted by Crippen LogP contribution is -2.73. The molecular weight excluding hydrogens is 647 g/mol. The topological polar surface area (TPSA) is 73.1 Å². The fraction of sp³-hybridized carbons (Fsp3) is 0.382. The second-order valence-electron chi connectivity index (χ2n) is 11.7. The minimum Gasteiger partial charge on any atom is -0.379 e. The summed E-state index contributed by atoms with van der Waals surface area (Å²) < 4.78 is 106. The maximum atomic E-state index is 15.3. The Labute approximate surface area is 270 Å². The fourth-order valence-electron chi connectivity index (χ4n) is 6.00. The quantitative estimate of drug-likeness (QED) is 0.0601. The Morgan fingerprint density at radius 1 is 0.854 bits per heavy atom. The molecule has 0 bridgehead atoms. The van der Waals surface area contributed by atoms with E-state index in [1.54, 1.807) is 42.5 Å². The first kappa shape index (κ1) is 35.0. The summed E-state index contributed by atoms with van der Waals surface area (Å²) in [6.45, 7) is 4.34. The average molecular weight is 680 g/mol. The molecule has 4 aromatic rings. The standard InChI is InChI=1S/C34H32F7N3O4/c1-5-44-27-12-10-22(18-25(27)26-19-23(11-13-28(26)44)29(45)24-9-7-6-8-20(24)2)21(3)42-48-30(46)31(4,43-14-16-47-17-15-43)32(35,36)33(37,38)34(39,40)41/h6-13,18-19H,5,14-17H2,1-4H3. The highest BCUT2D eigenvalue weighted by atomic mass is 19.4. The Morgan fingerprint density at radius 2 is 1.42 bits per heavy atom. The van der Waals surface area contributed by atoms with Crippen molar-refractivity contribution in [2.24, 2.45) is 5.16 Å². The van der Waals surface area contributed by atoms with Gasteiger partial charge in [0.2, 0.25) is 0 Å². The van der Waals surface area contributed by atoms with E-state index in [1.807, 2.05) is 36.6 Å². The van der Waals surface area contributed by atoms with Crippen LogP contribution < -0.4 is 0 Å². The van der Waals surface area contributed by atoms with Crippen molar-refractivity contribution in [3.05, 3.63) is 82.9 Å². The van der Waals surface area contributed by atoms with Crippen LogP contribution in [0.15, 0.2) is 65.8 Å². The zero-order valence-electron chi connectivity index (χ0n) is 26.4. The minimum absolute atomic E-state index is 0.0509. The van der Waals surface area contributed by atoms with Crippen LogP contribution in [-0.4, -0.2) is 76.8 Å². The Kier molecular flexibility index (Phi) is 9.21. The molecule has 0 radical (unpaired) electrons. The van der Waals surface area contributed by atoms with Gasteiger partial charge in [0.15, 0.2) is 11.3 Å². The molecule has 0 N–H and O–H groups in total. The van der Waals surface area contributed by atoms with Crippen molar-refractivity contribution in [1.29, 1.82) is 0 Å². The third-order valence-electron chi connectivity index (χ3n) is 8.92. The number of ether oxygens (including phenoxy) is 1. The van der Waals surface area contributed by atoms with Crippen molar-refractivity contribution in [3.8, 4) is 0 Å². The van der Waals surface area contributed by atoms with Gasteiger partial charge < -0.3 is 14.1 Å². The van der Waals surface area contributed by atoms with Crippen molar-refractivity contribution in [1.82, 2.24) is 9.47 Å². The summed E-state index contributed by atoms with van der Waals surface area (Å²) in [5.41, 5.74) is -0.0761. The van der Waals surface area contributed by atoms with Crippen LogP contribution >= 0.6 is 0 Å². The van der Waals surface area contributed by atoms with Gasteiger partial charge >= 0.3 is 24.0 Å². The Balaban J connectivity index is 1.53. The predicted molar refractivity (Wildman–Crippen MR) is 165 cm³/mol. The normalized spacial score (nSPS) is 16.7.